The summed E-state index contributed by atoms with van der Waals surface area (Å²) in [5.41, 5.74) is 8.91. The van der Waals surface area contributed by atoms with E-state index in [1.54, 1.807) is 6.07 Å². The fourth-order valence-corrected chi connectivity index (χ4v) is 3.45. The molecule has 148 valence electrons. The lowest BCUT2D eigenvalue weighted by Gasteiger charge is -2.29. The van der Waals surface area contributed by atoms with Crippen molar-refractivity contribution in [2.45, 2.75) is 31.7 Å². The van der Waals surface area contributed by atoms with Crippen molar-refractivity contribution in [3.8, 4) is 0 Å². The van der Waals surface area contributed by atoms with E-state index in [1.807, 2.05) is 24.3 Å². The molecule has 0 fully saturated rings. The molecule has 0 heterocycles. The third-order valence-electron chi connectivity index (χ3n) is 4.82. The molecule has 0 bridgehead atoms. The van der Waals surface area contributed by atoms with Gasteiger partial charge in [0.15, 0.2) is 11.6 Å². The summed E-state index contributed by atoms with van der Waals surface area (Å²) in [5.74, 6) is -3.59. The van der Waals surface area contributed by atoms with Crippen molar-refractivity contribution in [3.63, 3.8) is 0 Å². The first kappa shape index (κ1) is 19.9. The SMILES string of the molecule is CC(=O)Nc1cccc(NCC2=CC[C@@H](c3cc(F)c(F)cc3F)[C@H](N)C2)c1. The lowest BCUT2D eigenvalue weighted by atomic mass is 9.80. The zero-order valence-corrected chi connectivity index (χ0v) is 15.4. The second-order valence-electron chi connectivity index (χ2n) is 6.98. The Balaban J connectivity index is 1.65. The summed E-state index contributed by atoms with van der Waals surface area (Å²) in [6.45, 7) is 1.99. The van der Waals surface area contributed by atoms with Crippen LogP contribution in [0, 0.1) is 17.5 Å². The van der Waals surface area contributed by atoms with Crippen molar-refractivity contribution in [1.82, 2.24) is 0 Å². The van der Waals surface area contributed by atoms with Crippen LogP contribution >= 0.6 is 0 Å². The summed E-state index contributed by atoms with van der Waals surface area (Å²) in [5, 5.41) is 5.99. The van der Waals surface area contributed by atoms with Crippen molar-refractivity contribution in [1.29, 1.82) is 0 Å². The molecule has 1 aliphatic carbocycles. The van der Waals surface area contributed by atoms with E-state index < -0.39 is 29.4 Å². The summed E-state index contributed by atoms with van der Waals surface area (Å²) < 4.78 is 40.7. The Morgan fingerprint density at radius 3 is 2.54 bits per heavy atom. The van der Waals surface area contributed by atoms with Gasteiger partial charge in [0.2, 0.25) is 5.91 Å². The minimum absolute atomic E-state index is 0.109. The first-order chi connectivity index (χ1) is 13.3. The zero-order valence-electron chi connectivity index (χ0n) is 15.4. The summed E-state index contributed by atoms with van der Waals surface area (Å²) in [6, 6.07) is 8.41. The first-order valence-electron chi connectivity index (χ1n) is 9.03. The lowest BCUT2D eigenvalue weighted by Crippen LogP contribution is -2.33. The monoisotopic (exact) mass is 389 g/mol. The van der Waals surface area contributed by atoms with Gasteiger partial charge in [0, 0.05) is 42.9 Å². The van der Waals surface area contributed by atoms with Crippen LogP contribution in [0.25, 0.3) is 0 Å². The summed E-state index contributed by atoms with van der Waals surface area (Å²) in [4.78, 5) is 11.2. The molecule has 1 amide bonds. The number of allylic oxidation sites excluding steroid dienone is 1. The molecule has 0 saturated carbocycles. The first-order valence-corrected chi connectivity index (χ1v) is 9.03. The molecular formula is C21H22F3N3O. The van der Waals surface area contributed by atoms with Crippen LogP contribution in [0.5, 0.6) is 0 Å². The van der Waals surface area contributed by atoms with Gasteiger partial charge in [0.1, 0.15) is 5.82 Å². The zero-order chi connectivity index (χ0) is 20.3. The quantitative estimate of drug-likeness (QED) is 0.527. The molecule has 0 aromatic heterocycles. The number of benzene rings is 2. The number of amides is 1. The predicted octanol–water partition coefficient (Wildman–Crippen LogP) is 4.31. The van der Waals surface area contributed by atoms with Crippen LogP contribution < -0.4 is 16.4 Å². The molecule has 7 heteroatoms. The maximum atomic E-state index is 14.1. The Morgan fingerprint density at radius 2 is 1.82 bits per heavy atom. The third-order valence-corrected chi connectivity index (χ3v) is 4.82. The number of hydrogen-bond donors (Lipinski definition) is 3. The highest BCUT2D eigenvalue weighted by Crippen LogP contribution is 2.34. The number of hydrogen-bond acceptors (Lipinski definition) is 3. The number of anilines is 2. The maximum Gasteiger partial charge on any atom is 0.221 e. The van der Waals surface area contributed by atoms with E-state index in [0.717, 1.165) is 17.3 Å². The molecule has 2 atom stereocenters. The van der Waals surface area contributed by atoms with Gasteiger partial charge < -0.3 is 16.4 Å². The Morgan fingerprint density at radius 1 is 1.11 bits per heavy atom. The Hall–Kier alpha value is -2.80. The second-order valence-corrected chi connectivity index (χ2v) is 6.98. The van der Waals surface area contributed by atoms with Crippen molar-refractivity contribution in [2.75, 3.05) is 17.2 Å². The molecule has 0 unspecified atom stereocenters. The fraction of sp³-hybridized carbons (Fsp3) is 0.286. The van der Waals surface area contributed by atoms with Crippen molar-refractivity contribution >= 4 is 17.3 Å². The van der Waals surface area contributed by atoms with Gasteiger partial charge in [-0.2, -0.15) is 0 Å². The minimum atomic E-state index is -1.20. The van der Waals surface area contributed by atoms with Crippen molar-refractivity contribution < 1.29 is 18.0 Å². The van der Waals surface area contributed by atoms with Gasteiger partial charge in [-0.3, -0.25) is 4.79 Å². The average Bonchev–Trinajstić information content (AvgIpc) is 2.63. The van der Waals surface area contributed by atoms with Gasteiger partial charge in [0.25, 0.3) is 0 Å². The maximum absolute atomic E-state index is 14.1. The minimum Gasteiger partial charge on any atom is -0.381 e. The average molecular weight is 389 g/mol. The van der Waals surface area contributed by atoms with Crippen LogP contribution in [0.2, 0.25) is 0 Å². The van der Waals surface area contributed by atoms with Crippen LogP contribution in [0.1, 0.15) is 31.2 Å². The van der Waals surface area contributed by atoms with Gasteiger partial charge in [-0.25, -0.2) is 13.2 Å². The van der Waals surface area contributed by atoms with E-state index in [-0.39, 0.29) is 11.5 Å². The van der Waals surface area contributed by atoms with E-state index in [2.05, 4.69) is 10.6 Å². The molecule has 2 aromatic carbocycles. The normalized spacial score (nSPS) is 19.1. The van der Waals surface area contributed by atoms with Gasteiger partial charge in [-0.05, 0) is 42.7 Å². The van der Waals surface area contributed by atoms with Gasteiger partial charge in [-0.15, -0.1) is 0 Å². The van der Waals surface area contributed by atoms with Gasteiger partial charge in [0.05, 0.1) is 0 Å². The molecule has 3 rings (SSSR count). The highest BCUT2D eigenvalue weighted by atomic mass is 19.2. The number of carbonyl (C=O) groups is 1. The van der Waals surface area contributed by atoms with Crippen LogP contribution in [0.4, 0.5) is 24.5 Å². The number of carbonyl (C=O) groups excluding carboxylic acids is 1. The molecule has 0 aliphatic heterocycles. The Kier molecular flexibility index (Phi) is 6.04. The molecule has 0 radical (unpaired) electrons. The van der Waals surface area contributed by atoms with E-state index in [1.165, 1.54) is 6.92 Å². The standard InChI is InChI=1S/C21H22F3N3O/c1-12(28)27-15-4-2-3-14(8-15)26-11-13-5-6-16(21(25)7-13)17-9-19(23)20(24)10-18(17)22/h2-5,8-10,16,21,26H,6-7,11,25H2,1H3,(H,27,28)/t16-,21+/m0/s1. The summed E-state index contributed by atoms with van der Waals surface area (Å²) in [7, 11) is 0. The molecule has 1 aliphatic rings. The summed E-state index contributed by atoms with van der Waals surface area (Å²) >= 11 is 0. The smallest absolute Gasteiger partial charge is 0.221 e. The number of rotatable bonds is 5. The number of halogens is 3. The highest BCUT2D eigenvalue weighted by Gasteiger charge is 2.27. The highest BCUT2D eigenvalue weighted by molar-refractivity contribution is 5.89. The van der Waals surface area contributed by atoms with Gasteiger partial charge >= 0.3 is 0 Å². The lowest BCUT2D eigenvalue weighted by molar-refractivity contribution is -0.114. The van der Waals surface area contributed by atoms with E-state index in [9.17, 15) is 18.0 Å². The van der Waals surface area contributed by atoms with E-state index >= 15 is 0 Å². The van der Waals surface area contributed by atoms with Crippen LogP contribution in [0.3, 0.4) is 0 Å². The predicted molar refractivity (Wildman–Crippen MR) is 104 cm³/mol. The van der Waals surface area contributed by atoms with Gasteiger partial charge in [-0.1, -0.05) is 17.7 Å². The van der Waals surface area contributed by atoms with Crippen LogP contribution in [0.15, 0.2) is 48.0 Å². The third kappa shape index (κ3) is 4.72. The molecule has 2 aromatic rings. The van der Waals surface area contributed by atoms with Crippen molar-refractivity contribution in [2.24, 2.45) is 5.73 Å². The Bertz CT molecular complexity index is 914. The second kappa shape index (κ2) is 8.48. The van der Waals surface area contributed by atoms with E-state index in [0.29, 0.717) is 31.1 Å². The number of nitrogens with one attached hydrogen (secondary N) is 2. The topological polar surface area (TPSA) is 67.2 Å². The Labute approximate surface area is 161 Å². The number of nitrogens with two attached hydrogens (primary N) is 1. The molecule has 0 spiro atoms. The summed E-state index contributed by atoms with van der Waals surface area (Å²) in [6.07, 6.45) is 2.92. The molecular weight excluding hydrogens is 367 g/mol. The largest absolute Gasteiger partial charge is 0.381 e. The van der Waals surface area contributed by atoms with Crippen molar-refractivity contribution in [3.05, 3.63) is 71.1 Å². The fourth-order valence-electron chi connectivity index (χ4n) is 3.45. The molecule has 4 nitrogen and oxygen atoms in total. The molecule has 28 heavy (non-hydrogen) atoms. The van der Waals surface area contributed by atoms with Crippen LogP contribution in [-0.4, -0.2) is 18.5 Å². The van der Waals surface area contributed by atoms with E-state index in [4.69, 9.17) is 5.73 Å². The van der Waals surface area contributed by atoms with Crippen LogP contribution in [-0.2, 0) is 4.79 Å². The molecule has 0 saturated heterocycles. The molecule has 4 N–H and O–H groups in total.